The first-order chi connectivity index (χ1) is 9.83. The number of alkyl halides is 3. The second-order valence-corrected chi connectivity index (χ2v) is 5.82. The Hall–Kier alpha value is -1.77. The minimum Gasteiger partial charge on any atom is -0.331 e. The summed E-state index contributed by atoms with van der Waals surface area (Å²) in [6.07, 6.45) is -3.43. The van der Waals surface area contributed by atoms with Crippen LogP contribution in [-0.2, 0) is 4.79 Å². The molecule has 1 atom stereocenters. The average molecular weight is 316 g/mol. The number of amides is 1. The summed E-state index contributed by atoms with van der Waals surface area (Å²) < 4.78 is 40.5. The predicted molar refractivity (Wildman–Crippen MR) is 73.0 cm³/mol. The zero-order valence-corrected chi connectivity index (χ0v) is 11.8. The van der Waals surface area contributed by atoms with Crippen molar-refractivity contribution >= 4 is 28.7 Å². The van der Waals surface area contributed by atoms with E-state index in [1.807, 2.05) is 0 Å². The fraction of sp³-hybridized carbons (Fsp3) is 0.417. The molecular formula is C12H11F3N4OS. The SMILES string of the molecule is Cc1ccc(NC2(C(F)(F)F)N=C3SCCN3C2=O)nc1. The molecule has 5 nitrogen and oxygen atoms in total. The molecule has 1 aromatic heterocycles. The van der Waals surface area contributed by atoms with Crippen molar-refractivity contribution in [3.8, 4) is 0 Å². The van der Waals surface area contributed by atoms with Crippen molar-refractivity contribution in [3.05, 3.63) is 23.9 Å². The Balaban J connectivity index is 2.01. The Morgan fingerprint density at radius 2 is 2.19 bits per heavy atom. The average Bonchev–Trinajstić information content (AvgIpc) is 2.95. The number of rotatable bonds is 2. The molecule has 0 radical (unpaired) electrons. The molecule has 0 aromatic carbocycles. The molecular weight excluding hydrogens is 305 g/mol. The predicted octanol–water partition coefficient (Wildman–Crippen LogP) is 2.01. The maximum Gasteiger partial charge on any atom is 0.442 e. The molecule has 9 heteroatoms. The smallest absolute Gasteiger partial charge is 0.331 e. The molecule has 1 saturated heterocycles. The van der Waals surface area contributed by atoms with Crippen molar-refractivity contribution in [3.63, 3.8) is 0 Å². The van der Waals surface area contributed by atoms with Crippen LogP contribution in [-0.4, -0.2) is 45.1 Å². The van der Waals surface area contributed by atoms with E-state index in [1.54, 1.807) is 13.0 Å². The van der Waals surface area contributed by atoms with Crippen LogP contribution in [0.2, 0.25) is 0 Å². The van der Waals surface area contributed by atoms with Crippen LogP contribution in [0.25, 0.3) is 0 Å². The molecule has 1 fully saturated rings. The third-order valence-electron chi connectivity index (χ3n) is 3.23. The lowest BCUT2D eigenvalue weighted by molar-refractivity contribution is -0.185. The van der Waals surface area contributed by atoms with Crippen molar-refractivity contribution in [1.29, 1.82) is 0 Å². The Bertz CT molecular complexity index is 616. The number of carbonyl (C=O) groups excluding carboxylic acids is 1. The van der Waals surface area contributed by atoms with Gasteiger partial charge in [-0.05, 0) is 18.6 Å². The molecule has 2 aliphatic rings. The highest BCUT2D eigenvalue weighted by atomic mass is 32.2. The largest absolute Gasteiger partial charge is 0.442 e. The van der Waals surface area contributed by atoms with Gasteiger partial charge in [0.15, 0.2) is 5.17 Å². The van der Waals surface area contributed by atoms with Gasteiger partial charge in [0.2, 0.25) is 0 Å². The number of thioether (sulfide) groups is 1. The van der Waals surface area contributed by atoms with Crippen LogP contribution in [0.3, 0.4) is 0 Å². The lowest BCUT2D eigenvalue weighted by atomic mass is 10.1. The van der Waals surface area contributed by atoms with Crippen LogP contribution in [0, 0.1) is 6.92 Å². The lowest BCUT2D eigenvalue weighted by Gasteiger charge is -2.29. The summed E-state index contributed by atoms with van der Waals surface area (Å²) in [4.78, 5) is 20.8. The molecule has 3 heterocycles. The zero-order valence-electron chi connectivity index (χ0n) is 10.9. The van der Waals surface area contributed by atoms with E-state index in [1.165, 1.54) is 12.3 Å². The van der Waals surface area contributed by atoms with Gasteiger partial charge in [0.1, 0.15) is 5.82 Å². The highest BCUT2D eigenvalue weighted by Gasteiger charge is 2.67. The lowest BCUT2D eigenvalue weighted by Crippen LogP contribution is -2.57. The summed E-state index contributed by atoms with van der Waals surface area (Å²) in [5.41, 5.74) is -2.17. The summed E-state index contributed by atoms with van der Waals surface area (Å²) in [5, 5.41) is 2.28. The Morgan fingerprint density at radius 3 is 2.76 bits per heavy atom. The molecule has 1 aromatic rings. The van der Waals surface area contributed by atoms with Crippen LogP contribution in [0.1, 0.15) is 5.56 Å². The zero-order chi connectivity index (χ0) is 15.3. The molecule has 0 spiro atoms. The molecule has 1 N–H and O–H groups in total. The molecule has 21 heavy (non-hydrogen) atoms. The Kier molecular flexibility index (Phi) is 3.12. The van der Waals surface area contributed by atoms with E-state index in [0.717, 1.165) is 22.2 Å². The normalized spacial score (nSPS) is 25.0. The van der Waals surface area contributed by atoms with Gasteiger partial charge in [-0.1, -0.05) is 17.8 Å². The van der Waals surface area contributed by atoms with Crippen molar-refractivity contribution in [2.45, 2.75) is 18.8 Å². The number of hydrogen-bond acceptors (Lipinski definition) is 5. The second-order valence-electron chi connectivity index (χ2n) is 4.75. The van der Waals surface area contributed by atoms with E-state index in [9.17, 15) is 18.0 Å². The van der Waals surface area contributed by atoms with E-state index < -0.39 is 17.7 Å². The second kappa shape index (κ2) is 4.62. The van der Waals surface area contributed by atoms with Gasteiger partial charge < -0.3 is 5.32 Å². The quantitative estimate of drug-likeness (QED) is 0.907. The number of aliphatic imine (C=N–C) groups is 1. The van der Waals surface area contributed by atoms with Gasteiger partial charge >= 0.3 is 11.8 Å². The number of nitrogens with zero attached hydrogens (tertiary/aromatic N) is 3. The molecule has 0 saturated carbocycles. The van der Waals surface area contributed by atoms with Crippen molar-refractivity contribution < 1.29 is 18.0 Å². The molecule has 0 aliphatic carbocycles. The van der Waals surface area contributed by atoms with Gasteiger partial charge in [0.05, 0.1) is 0 Å². The number of aromatic nitrogens is 1. The Labute approximate surface area is 122 Å². The highest BCUT2D eigenvalue weighted by Crippen LogP contribution is 2.42. The Morgan fingerprint density at radius 1 is 1.43 bits per heavy atom. The number of amidine groups is 1. The van der Waals surface area contributed by atoms with Crippen LogP contribution in [0.5, 0.6) is 0 Å². The highest BCUT2D eigenvalue weighted by molar-refractivity contribution is 8.14. The first kappa shape index (κ1) is 14.2. The minimum absolute atomic E-state index is 0.0400. The van der Waals surface area contributed by atoms with Gasteiger partial charge in [0, 0.05) is 18.5 Å². The first-order valence-corrected chi connectivity index (χ1v) is 7.14. The van der Waals surface area contributed by atoms with Crippen LogP contribution >= 0.6 is 11.8 Å². The van der Waals surface area contributed by atoms with Gasteiger partial charge in [0.25, 0.3) is 5.91 Å². The van der Waals surface area contributed by atoms with Gasteiger partial charge in [-0.2, -0.15) is 13.2 Å². The van der Waals surface area contributed by atoms with E-state index in [4.69, 9.17) is 0 Å². The number of halogens is 3. The van der Waals surface area contributed by atoms with Crippen molar-refractivity contribution in [2.75, 3.05) is 17.6 Å². The molecule has 0 bridgehead atoms. The molecule has 3 rings (SSSR count). The number of nitrogens with one attached hydrogen (secondary N) is 1. The summed E-state index contributed by atoms with van der Waals surface area (Å²) in [7, 11) is 0. The summed E-state index contributed by atoms with van der Waals surface area (Å²) in [5.74, 6) is -0.583. The summed E-state index contributed by atoms with van der Waals surface area (Å²) in [6, 6.07) is 3.01. The van der Waals surface area contributed by atoms with E-state index in [0.29, 0.717) is 5.75 Å². The summed E-state index contributed by atoms with van der Waals surface area (Å²) >= 11 is 1.14. The maximum absolute atomic E-state index is 13.5. The van der Waals surface area contributed by atoms with Gasteiger partial charge in [-0.15, -0.1) is 0 Å². The number of aryl methyl sites for hydroxylation is 1. The van der Waals surface area contributed by atoms with Crippen LogP contribution < -0.4 is 5.32 Å². The third kappa shape index (κ3) is 2.15. The van der Waals surface area contributed by atoms with E-state index in [2.05, 4.69) is 15.3 Å². The van der Waals surface area contributed by atoms with E-state index >= 15 is 0 Å². The number of carbonyl (C=O) groups is 1. The summed E-state index contributed by atoms with van der Waals surface area (Å²) in [6.45, 7) is 2.01. The van der Waals surface area contributed by atoms with Crippen LogP contribution in [0.15, 0.2) is 23.3 Å². The number of anilines is 1. The number of pyridine rings is 1. The molecule has 112 valence electrons. The fourth-order valence-electron chi connectivity index (χ4n) is 2.13. The molecule has 1 unspecified atom stereocenters. The third-order valence-corrected chi connectivity index (χ3v) is 4.18. The maximum atomic E-state index is 13.5. The van der Waals surface area contributed by atoms with Crippen LogP contribution in [0.4, 0.5) is 19.0 Å². The number of hydrogen-bond donors (Lipinski definition) is 1. The monoisotopic (exact) mass is 316 g/mol. The van der Waals surface area contributed by atoms with E-state index in [-0.39, 0.29) is 17.5 Å². The minimum atomic E-state index is -4.85. The van der Waals surface area contributed by atoms with Gasteiger partial charge in [-0.3, -0.25) is 9.69 Å². The topological polar surface area (TPSA) is 57.6 Å². The number of fused-ring (bicyclic) bond motifs is 1. The molecule has 1 amide bonds. The first-order valence-electron chi connectivity index (χ1n) is 6.16. The standard InChI is InChI=1S/C12H11F3N4OS/c1-7-2-3-8(16-6-7)17-11(12(13,14)15)9(20)19-4-5-21-10(19)18-11/h2-3,6H,4-5H2,1H3,(H,16,17). The van der Waals surface area contributed by atoms with Crippen molar-refractivity contribution in [1.82, 2.24) is 9.88 Å². The van der Waals surface area contributed by atoms with Gasteiger partial charge in [-0.25, -0.2) is 9.98 Å². The van der Waals surface area contributed by atoms with Crippen molar-refractivity contribution in [2.24, 2.45) is 4.99 Å². The fourth-order valence-corrected chi connectivity index (χ4v) is 3.12. The molecule has 2 aliphatic heterocycles.